The van der Waals surface area contributed by atoms with Crippen LogP contribution in [0.25, 0.3) is 0 Å². The zero-order valence-electron chi connectivity index (χ0n) is 10.5. The summed E-state index contributed by atoms with van der Waals surface area (Å²) in [5.74, 6) is 0.467. The molecule has 0 heterocycles. The molecule has 18 heavy (non-hydrogen) atoms. The average Bonchev–Trinajstić information content (AvgIpc) is 2.28. The van der Waals surface area contributed by atoms with E-state index in [2.05, 4.69) is 10.1 Å². The van der Waals surface area contributed by atoms with E-state index >= 15 is 0 Å². The van der Waals surface area contributed by atoms with Gasteiger partial charge in [0.1, 0.15) is 5.75 Å². The van der Waals surface area contributed by atoms with Crippen molar-refractivity contribution in [2.24, 2.45) is 5.92 Å². The van der Waals surface area contributed by atoms with Crippen LogP contribution in [0.3, 0.4) is 0 Å². The third-order valence-electron chi connectivity index (χ3n) is 2.31. The van der Waals surface area contributed by atoms with Crippen LogP contribution in [0.15, 0.2) is 24.3 Å². The second kappa shape index (κ2) is 6.93. The highest BCUT2D eigenvalue weighted by molar-refractivity contribution is 5.90. The quantitative estimate of drug-likeness (QED) is 0.844. The Labute approximate surface area is 105 Å². The van der Waals surface area contributed by atoms with Crippen molar-refractivity contribution in [3.63, 3.8) is 0 Å². The number of halogens is 2. The van der Waals surface area contributed by atoms with Crippen LogP contribution in [0.4, 0.5) is 14.5 Å². The van der Waals surface area contributed by atoms with E-state index in [9.17, 15) is 13.6 Å². The number of hydrogen-bond donors (Lipinski definition) is 1. The first-order valence-corrected chi connectivity index (χ1v) is 5.82. The summed E-state index contributed by atoms with van der Waals surface area (Å²) in [5, 5.41) is 2.70. The van der Waals surface area contributed by atoms with E-state index < -0.39 is 6.61 Å². The van der Waals surface area contributed by atoms with Crippen LogP contribution in [0.5, 0.6) is 5.75 Å². The minimum Gasteiger partial charge on any atom is -0.435 e. The Kier molecular flexibility index (Phi) is 5.55. The minimum absolute atomic E-state index is 0.0742. The van der Waals surface area contributed by atoms with Crippen molar-refractivity contribution in [3.8, 4) is 5.75 Å². The number of benzene rings is 1. The number of rotatable bonds is 6. The van der Waals surface area contributed by atoms with Gasteiger partial charge in [-0.15, -0.1) is 0 Å². The van der Waals surface area contributed by atoms with Gasteiger partial charge in [-0.25, -0.2) is 0 Å². The van der Waals surface area contributed by atoms with Crippen molar-refractivity contribution < 1.29 is 18.3 Å². The lowest BCUT2D eigenvalue weighted by molar-refractivity contribution is -0.116. The summed E-state index contributed by atoms with van der Waals surface area (Å²) in [4.78, 5) is 11.5. The van der Waals surface area contributed by atoms with Crippen molar-refractivity contribution in [1.29, 1.82) is 0 Å². The molecule has 1 aromatic rings. The summed E-state index contributed by atoms with van der Waals surface area (Å²) in [6.45, 7) is 1.25. The average molecular weight is 257 g/mol. The molecule has 0 atom stereocenters. The summed E-state index contributed by atoms with van der Waals surface area (Å²) < 4.78 is 28.0. The Morgan fingerprint density at radius 3 is 2.39 bits per heavy atom. The van der Waals surface area contributed by atoms with Gasteiger partial charge >= 0.3 is 6.61 Å². The number of amides is 1. The normalized spacial score (nSPS) is 10.8. The van der Waals surface area contributed by atoms with Crippen LogP contribution in [0.1, 0.15) is 26.7 Å². The summed E-state index contributed by atoms with van der Waals surface area (Å²) in [7, 11) is 0. The van der Waals surface area contributed by atoms with Crippen LogP contribution in [-0.4, -0.2) is 12.5 Å². The van der Waals surface area contributed by atoms with Gasteiger partial charge in [0.25, 0.3) is 0 Å². The lowest BCUT2D eigenvalue weighted by Crippen LogP contribution is -2.12. The first kappa shape index (κ1) is 14.4. The summed E-state index contributed by atoms with van der Waals surface area (Å²) in [6.07, 6.45) is 1.27. The van der Waals surface area contributed by atoms with Gasteiger partial charge in [0.05, 0.1) is 0 Å². The molecule has 0 saturated heterocycles. The van der Waals surface area contributed by atoms with E-state index in [-0.39, 0.29) is 11.7 Å². The van der Waals surface area contributed by atoms with Crippen LogP contribution in [0.2, 0.25) is 0 Å². The second-order valence-electron chi connectivity index (χ2n) is 4.38. The first-order valence-electron chi connectivity index (χ1n) is 5.82. The Balaban J connectivity index is 2.45. The van der Waals surface area contributed by atoms with Crippen LogP contribution in [0, 0.1) is 5.92 Å². The van der Waals surface area contributed by atoms with Gasteiger partial charge in [0.2, 0.25) is 5.91 Å². The first-order chi connectivity index (χ1) is 8.47. The van der Waals surface area contributed by atoms with Crippen molar-refractivity contribution in [2.45, 2.75) is 33.3 Å². The number of carbonyl (C=O) groups excluding carboxylic acids is 1. The van der Waals surface area contributed by atoms with E-state index in [1.165, 1.54) is 24.3 Å². The molecular weight excluding hydrogens is 240 g/mol. The molecular formula is C13H17F2NO2. The molecule has 1 amide bonds. The molecule has 1 N–H and O–H groups in total. The van der Waals surface area contributed by atoms with E-state index in [1.807, 2.05) is 13.8 Å². The van der Waals surface area contributed by atoms with Gasteiger partial charge in [-0.2, -0.15) is 8.78 Å². The zero-order chi connectivity index (χ0) is 13.5. The molecule has 0 saturated carbocycles. The molecule has 0 radical (unpaired) electrons. The van der Waals surface area contributed by atoms with Gasteiger partial charge in [0, 0.05) is 12.1 Å². The lowest BCUT2D eigenvalue weighted by Gasteiger charge is -2.08. The zero-order valence-corrected chi connectivity index (χ0v) is 10.5. The third kappa shape index (κ3) is 5.61. The highest BCUT2D eigenvalue weighted by atomic mass is 19.3. The summed E-state index contributed by atoms with van der Waals surface area (Å²) in [6, 6.07) is 5.85. The number of carbonyl (C=O) groups is 1. The van der Waals surface area contributed by atoms with Crippen molar-refractivity contribution in [3.05, 3.63) is 24.3 Å². The number of ether oxygens (including phenoxy) is 1. The number of alkyl halides is 2. The maximum absolute atomic E-state index is 11.9. The smallest absolute Gasteiger partial charge is 0.387 e. The second-order valence-corrected chi connectivity index (χ2v) is 4.38. The molecule has 1 rings (SSSR count). The van der Waals surface area contributed by atoms with E-state index in [1.54, 1.807) is 0 Å². The molecule has 1 aromatic carbocycles. The van der Waals surface area contributed by atoms with E-state index in [0.717, 1.165) is 6.42 Å². The van der Waals surface area contributed by atoms with Crippen LogP contribution >= 0.6 is 0 Å². The molecule has 5 heteroatoms. The summed E-state index contributed by atoms with van der Waals surface area (Å²) in [5.41, 5.74) is 0.574. The van der Waals surface area contributed by atoms with Gasteiger partial charge in [-0.05, 0) is 36.6 Å². The Morgan fingerprint density at radius 2 is 1.89 bits per heavy atom. The van der Waals surface area contributed by atoms with Crippen LogP contribution in [-0.2, 0) is 4.79 Å². The van der Waals surface area contributed by atoms with E-state index in [4.69, 9.17) is 0 Å². The molecule has 100 valence electrons. The highest BCUT2D eigenvalue weighted by Crippen LogP contribution is 2.18. The van der Waals surface area contributed by atoms with Crippen molar-refractivity contribution >= 4 is 11.6 Å². The summed E-state index contributed by atoms with van der Waals surface area (Å²) >= 11 is 0. The largest absolute Gasteiger partial charge is 0.435 e. The topological polar surface area (TPSA) is 38.3 Å². The van der Waals surface area contributed by atoms with Gasteiger partial charge in [-0.1, -0.05) is 13.8 Å². The number of nitrogens with one attached hydrogen (secondary N) is 1. The molecule has 0 spiro atoms. The molecule has 3 nitrogen and oxygen atoms in total. The van der Waals surface area contributed by atoms with Gasteiger partial charge in [-0.3, -0.25) is 4.79 Å². The monoisotopic (exact) mass is 257 g/mol. The van der Waals surface area contributed by atoms with Crippen molar-refractivity contribution in [1.82, 2.24) is 0 Å². The van der Waals surface area contributed by atoms with Crippen molar-refractivity contribution in [2.75, 3.05) is 5.32 Å². The van der Waals surface area contributed by atoms with Crippen LogP contribution < -0.4 is 10.1 Å². The molecule has 0 aliphatic carbocycles. The predicted octanol–water partition coefficient (Wildman–Crippen LogP) is 3.66. The number of hydrogen-bond acceptors (Lipinski definition) is 2. The van der Waals surface area contributed by atoms with Gasteiger partial charge < -0.3 is 10.1 Å². The lowest BCUT2D eigenvalue weighted by atomic mass is 10.1. The fourth-order valence-corrected chi connectivity index (χ4v) is 1.36. The SMILES string of the molecule is CC(C)CCC(=O)Nc1ccc(OC(F)F)cc1. The maximum atomic E-state index is 11.9. The number of anilines is 1. The van der Waals surface area contributed by atoms with E-state index in [0.29, 0.717) is 18.0 Å². The molecule has 0 unspecified atom stereocenters. The highest BCUT2D eigenvalue weighted by Gasteiger charge is 2.06. The Bertz CT molecular complexity index is 377. The molecule has 0 fully saturated rings. The fraction of sp³-hybridized carbons (Fsp3) is 0.462. The minimum atomic E-state index is -2.84. The molecule has 0 aromatic heterocycles. The predicted molar refractivity (Wildman–Crippen MR) is 65.8 cm³/mol. The Morgan fingerprint density at radius 1 is 1.28 bits per heavy atom. The fourth-order valence-electron chi connectivity index (χ4n) is 1.36. The molecule has 0 bridgehead atoms. The molecule has 0 aliphatic rings. The standard InChI is InChI=1S/C13H17F2NO2/c1-9(2)3-8-12(17)16-10-4-6-11(7-5-10)18-13(14)15/h4-7,9,13H,3,8H2,1-2H3,(H,16,17). The molecule has 0 aliphatic heterocycles. The maximum Gasteiger partial charge on any atom is 0.387 e. The third-order valence-corrected chi connectivity index (χ3v) is 2.31. The Hall–Kier alpha value is -1.65. The van der Waals surface area contributed by atoms with Gasteiger partial charge in [0.15, 0.2) is 0 Å².